The highest BCUT2D eigenvalue weighted by Gasteiger charge is 2.38. The molecule has 2 aliphatic rings. The highest BCUT2D eigenvalue weighted by molar-refractivity contribution is 8.26. The second kappa shape index (κ2) is 8.12. The van der Waals surface area contributed by atoms with Crippen LogP contribution in [0.5, 0.6) is 0 Å². The predicted octanol–water partition coefficient (Wildman–Crippen LogP) is 1.92. The Morgan fingerprint density at radius 2 is 2.07 bits per heavy atom. The van der Waals surface area contributed by atoms with E-state index >= 15 is 0 Å². The molecule has 0 N–H and O–H groups in total. The maximum atomic E-state index is 12.7. The van der Waals surface area contributed by atoms with Crippen molar-refractivity contribution in [3.05, 3.63) is 40.8 Å². The van der Waals surface area contributed by atoms with Crippen LogP contribution in [-0.2, 0) is 19.4 Å². The molecule has 2 heterocycles. The van der Waals surface area contributed by atoms with Crippen molar-refractivity contribution in [3.8, 4) is 0 Å². The van der Waals surface area contributed by atoms with Crippen LogP contribution in [0.1, 0.15) is 18.9 Å². The van der Waals surface area contributed by atoms with E-state index in [4.69, 9.17) is 12.2 Å². The van der Waals surface area contributed by atoms with Gasteiger partial charge >= 0.3 is 0 Å². The van der Waals surface area contributed by atoms with Crippen LogP contribution in [0, 0.1) is 0 Å². The number of hydrogen-bond acceptors (Lipinski definition) is 6. The SMILES string of the molecule is CCN(C(=O)CN1C(=O)/C(=C\c2ccccc2)SC1=S)C1CCS(=O)(=O)C1. The summed E-state index contributed by atoms with van der Waals surface area (Å²) in [5.41, 5.74) is 0.885. The molecule has 9 heteroatoms. The summed E-state index contributed by atoms with van der Waals surface area (Å²) >= 11 is 6.46. The fraction of sp³-hybridized carbons (Fsp3) is 0.389. The number of amides is 2. The van der Waals surface area contributed by atoms with Gasteiger partial charge in [0, 0.05) is 12.6 Å². The lowest BCUT2D eigenvalue weighted by atomic mass is 10.2. The molecule has 0 aromatic heterocycles. The monoisotopic (exact) mass is 424 g/mol. The minimum absolute atomic E-state index is 0.0150. The zero-order valence-electron chi connectivity index (χ0n) is 14.8. The average molecular weight is 425 g/mol. The van der Waals surface area contributed by atoms with Gasteiger partial charge in [-0.25, -0.2) is 8.42 Å². The average Bonchev–Trinajstić information content (AvgIpc) is 3.10. The van der Waals surface area contributed by atoms with Crippen molar-refractivity contribution in [3.63, 3.8) is 0 Å². The topological polar surface area (TPSA) is 74.8 Å². The van der Waals surface area contributed by atoms with E-state index < -0.39 is 9.84 Å². The summed E-state index contributed by atoms with van der Waals surface area (Å²) in [5.74, 6) is -0.490. The van der Waals surface area contributed by atoms with Crippen LogP contribution in [0.25, 0.3) is 6.08 Å². The van der Waals surface area contributed by atoms with Gasteiger partial charge in [-0.3, -0.25) is 14.5 Å². The summed E-state index contributed by atoms with van der Waals surface area (Å²) in [5, 5.41) is 0. The van der Waals surface area contributed by atoms with Crippen molar-refractivity contribution >= 4 is 56.0 Å². The van der Waals surface area contributed by atoms with Crippen LogP contribution in [0.15, 0.2) is 35.2 Å². The van der Waals surface area contributed by atoms with Gasteiger partial charge in [-0.2, -0.15) is 0 Å². The largest absolute Gasteiger partial charge is 0.337 e. The maximum Gasteiger partial charge on any atom is 0.266 e. The van der Waals surface area contributed by atoms with Crippen molar-refractivity contribution in [2.24, 2.45) is 0 Å². The molecule has 0 radical (unpaired) electrons. The smallest absolute Gasteiger partial charge is 0.266 e. The Kier molecular flexibility index (Phi) is 6.02. The molecule has 27 heavy (non-hydrogen) atoms. The van der Waals surface area contributed by atoms with Gasteiger partial charge in [-0.1, -0.05) is 54.3 Å². The van der Waals surface area contributed by atoms with Gasteiger partial charge in [0.2, 0.25) is 5.91 Å². The van der Waals surface area contributed by atoms with Crippen LogP contribution in [-0.4, -0.2) is 65.0 Å². The molecule has 1 aromatic carbocycles. The van der Waals surface area contributed by atoms with E-state index in [1.807, 2.05) is 37.3 Å². The van der Waals surface area contributed by atoms with Gasteiger partial charge in [-0.15, -0.1) is 0 Å². The highest BCUT2D eigenvalue weighted by atomic mass is 32.2. The summed E-state index contributed by atoms with van der Waals surface area (Å²) in [6, 6.07) is 9.10. The first kappa shape index (κ1) is 20.0. The molecule has 0 spiro atoms. The minimum atomic E-state index is -3.09. The van der Waals surface area contributed by atoms with E-state index in [-0.39, 0.29) is 35.9 Å². The molecule has 0 saturated carbocycles. The van der Waals surface area contributed by atoms with E-state index in [0.717, 1.165) is 5.56 Å². The van der Waals surface area contributed by atoms with Crippen LogP contribution in [0.2, 0.25) is 0 Å². The summed E-state index contributed by atoms with van der Waals surface area (Å²) < 4.78 is 23.8. The van der Waals surface area contributed by atoms with Crippen molar-refractivity contribution in [1.29, 1.82) is 0 Å². The lowest BCUT2D eigenvalue weighted by Gasteiger charge is -2.28. The standard InChI is InChI=1S/C18H20N2O4S3/c1-2-19(14-8-9-27(23,24)12-14)16(21)11-20-17(22)15(26-18(20)25)10-13-6-4-3-5-7-13/h3-7,10,14H,2,8-9,11-12H2,1H3/b15-10+. The van der Waals surface area contributed by atoms with E-state index in [1.54, 1.807) is 11.0 Å². The van der Waals surface area contributed by atoms with Crippen molar-refractivity contribution in [2.45, 2.75) is 19.4 Å². The second-order valence-electron chi connectivity index (χ2n) is 6.42. The third kappa shape index (κ3) is 4.59. The molecule has 2 amide bonds. The lowest BCUT2D eigenvalue weighted by molar-refractivity contribution is -0.136. The second-order valence-corrected chi connectivity index (χ2v) is 10.3. The number of carbonyl (C=O) groups is 2. The minimum Gasteiger partial charge on any atom is -0.337 e. The molecule has 6 nitrogen and oxygen atoms in total. The van der Waals surface area contributed by atoms with Gasteiger partial charge in [0.1, 0.15) is 10.9 Å². The normalized spacial score (nSPS) is 23.2. The van der Waals surface area contributed by atoms with E-state index in [9.17, 15) is 18.0 Å². The lowest BCUT2D eigenvalue weighted by Crippen LogP contribution is -2.47. The van der Waals surface area contributed by atoms with Crippen molar-refractivity contribution in [1.82, 2.24) is 9.80 Å². The van der Waals surface area contributed by atoms with Crippen molar-refractivity contribution < 1.29 is 18.0 Å². The Morgan fingerprint density at radius 3 is 2.67 bits per heavy atom. The first-order valence-corrected chi connectivity index (χ1v) is 11.7. The molecule has 2 aliphatic heterocycles. The first-order chi connectivity index (χ1) is 12.8. The highest BCUT2D eigenvalue weighted by Crippen LogP contribution is 2.32. The number of hydrogen-bond donors (Lipinski definition) is 0. The molecular weight excluding hydrogens is 404 g/mol. The van der Waals surface area contributed by atoms with E-state index in [1.165, 1.54) is 16.7 Å². The third-order valence-corrected chi connectivity index (χ3v) is 7.70. The summed E-state index contributed by atoms with van der Waals surface area (Å²) in [4.78, 5) is 28.7. The zero-order chi connectivity index (χ0) is 19.6. The number of nitrogens with zero attached hydrogens (tertiary/aromatic N) is 2. The molecule has 2 fully saturated rings. The summed E-state index contributed by atoms with van der Waals surface area (Å²) in [6.07, 6.45) is 2.19. The fourth-order valence-corrected chi connectivity index (χ4v) is 6.21. The zero-order valence-corrected chi connectivity index (χ0v) is 17.3. The number of benzene rings is 1. The molecule has 3 rings (SSSR count). The number of rotatable bonds is 5. The number of carbonyl (C=O) groups excluding carboxylic acids is 2. The van der Waals surface area contributed by atoms with Crippen LogP contribution < -0.4 is 0 Å². The van der Waals surface area contributed by atoms with Crippen molar-refractivity contribution in [2.75, 3.05) is 24.6 Å². The van der Waals surface area contributed by atoms with E-state index in [0.29, 0.717) is 22.2 Å². The molecule has 1 atom stereocenters. The van der Waals surface area contributed by atoms with Crippen LogP contribution >= 0.6 is 24.0 Å². The molecule has 0 bridgehead atoms. The molecule has 1 aromatic rings. The van der Waals surface area contributed by atoms with Crippen LogP contribution in [0.3, 0.4) is 0 Å². The number of likely N-dealkylation sites (N-methyl/N-ethyl adjacent to an activating group) is 1. The molecule has 0 aliphatic carbocycles. The predicted molar refractivity (Wildman–Crippen MR) is 111 cm³/mol. The Morgan fingerprint density at radius 1 is 1.37 bits per heavy atom. The Bertz CT molecular complexity index is 896. The first-order valence-electron chi connectivity index (χ1n) is 8.61. The van der Waals surface area contributed by atoms with E-state index in [2.05, 4.69) is 0 Å². The quantitative estimate of drug-likeness (QED) is 0.531. The Balaban J connectivity index is 1.71. The maximum absolute atomic E-state index is 12.7. The fourth-order valence-electron chi connectivity index (χ4n) is 3.22. The van der Waals surface area contributed by atoms with Gasteiger partial charge < -0.3 is 4.90 Å². The van der Waals surface area contributed by atoms with Crippen LogP contribution in [0.4, 0.5) is 0 Å². The Hall–Kier alpha value is -1.71. The number of thiocarbonyl (C=S) groups is 1. The molecule has 1 unspecified atom stereocenters. The van der Waals surface area contributed by atoms with Gasteiger partial charge in [0.05, 0.1) is 16.4 Å². The third-order valence-electron chi connectivity index (χ3n) is 4.57. The molecule has 2 saturated heterocycles. The molecule has 144 valence electrons. The van der Waals surface area contributed by atoms with Gasteiger partial charge in [-0.05, 0) is 25.0 Å². The van der Waals surface area contributed by atoms with Gasteiger partial charge in [0.15, 0.2) is 9.84 Å². The number of thioether (sulfide) groups is 1. The summed E-state index contributed by atoms with van der Waals surface area (Å²) in [6.45, 7) is 2.04. The summed E-state index contributed by atoms with van der Waals surface area (Å²) in [7, 11) is -3.09. The van der Waals surface area contributed by atoms with Gasteiger partial charge in [0.25, 0.3) is 5.91 Å². The molecular formula is C18H20N2O4S3. The number of sulfone groups is 1. The Labute approximate surface area is 168 Å².